The summed E-state index contributed by atoms with van der Waals surface area (Å²) >= 11 is 0. The lowest BCUT2D eigenvalue weighted by molar-refractivity contribution is -0.135. The number of carbonyl (C=O) groups is 2. The third-order valence-electron chi connectivity index (χ3n) is 1.05. The van der Waals surface area contributed by atoms with E-state index in [0.717, 1.165) is 12.2 Å². The van der Waals surface area contributed by atoms with Crippen LogP contribution in [0.2, 0.25) is 0 Å². The molecule has 12 heavy (non-hydrogen) atoms. The molecule has 0 saturated carbocycles. The fraction of sp³-hybridized carbons (Fsp3) is 0.143. The molecule has 0 aromatic rings. The van der Waals surface area contributed by atoms with E-state index in [-0.39, 0.29) is 5.57 Å². The summed E-state index contributed by atoms with van der Waals surface area (Å²) in [6.07, 6.45) is 1.82. The van der Waals surface area contributed by atoms with Gasteiger partial charge >= 0.3 is 11.9 Å². The van der Waals surface area contributed by atoms with E-state index in [1.165, 1.54) is 6.92 Å². The van der Waals surface area contributed by atoms with Crippen molar-refractivity contribution in [1.82, 2.24) is 0 Å². The van der Waals surface area contributed by atoms with E-state index in [0.29, 0.717) is 0 Å². The summed E-state index contributed by atoms with van der Waals surface area (Å²) in [5, 5.41) is 25.0. The van der Waals surface area contributed by atoms with Crippen molar-refractivity contribution in [2.45, 2.75) is 6.92 Å². The van der Waals surface area contributed by atoms with Crippen LogP contribution in [-0.2, 0) is 9.59 Å². The summed E-state index contributed by atoms with van der Waals surface area (Å²) in [5.74, 6) is -3.55. The summed E-state index contributed by atoms with van der Waals surface area (Å²) < 4.78 is 0. The number of carboxylic acid groups (broad SMARTS) is 2. The van der Waals surface area contributed by atoms with Gasteiger partial charge in [-0.3, -0.25) is 0 Å². The van der Waals surface area contributed by atoms with Crippen LogP contribution in [-0.4, -0.2) is 27.3 Å². The molecule has 3 N–H and O–H groups in total. The molecule has 0 bridgehead atoms. The number of allylic oxidation sites excluding steroid dienone is 2. The van der Waals surface area contributed by atoms with E-state index < -0.39 is 17.7 Å². The maximum atomic E-state index is 10.2. The van der Waals surface area contributed by atoms with E-state index >= 15 is 0 Å². The maximum Gasteiger partial charge on any atom is 0.370 e. The van der Waals surface area contributed by atoms with Gasteiger partial charge < -0.3 is 15.3 Å². The highest BCUT2D eigenvalue weighted by atomic mass is 16.4. The molecule has 0 fully saturated rings. The monoisotopic (exact) mass is 172 g/mol. The van der Waals surface area contributed by atoms with Crippen LogP contribution < -0.4 is 0 Å². The van der Waals surface area contributed by atoms with Crippen LogP contribution in [0.5, 0.6) is 0 Å². The highest BCUT2D eigenvalue weighted by molar-refractivity contribution is 5.87. The molecule has 0 radical (unpaired) electrons. The number of carboxylic acids is 2. The summed E-state index contributed by atoms with van der Waals surface area (Å²) in [5.41, 5.74) is -0.0530. The summed E-state index contributed by atoms with van der Waals surface area (Å²) in [7, 11) is 0. The lowest BCUT2D eigenvalue weighted by atomic mass is 10.2. The Hall–Kier alpha value is -1.78. The zero-order valence-corrected chi connectivity index (χ0v) is 6.31. The van der Waals surface area contributed by atoms with Crippen LogP contribution in [0.4, 0.5) is 0 Å². The van der Waals surface area contributed by atoms with Gasteiger partial charge in [0.1, 0.15) is 0 Å². The minimum absolute atomic E-state index is 0.0530. The predicted molar refractivity (Wildman–Crippen MR) is 39.7 cm³/mol. The van der Waals surface area contributed by atoms with Gasteiger partial charge in [-0.05, 0) is 19.1 Å². The Labute approximate surface area is 68.3 Å². The summed E-state index contributed by atoms with van der Waals surface area (Å²) in [4.78, 5) is 20.1. The van der Waals surface area contributed by atoms with Crippen molar-refractivity contribution in [2.24, 2.45) is 0 Å². The Kier molecular flexibility index (Phi) is 3.55. The molecular weight excluding hydrogens is 164 g/mol. The number of aliphatic carboxylic acids is 2. The fourth-order valence-corrected chi connectivity index (χ4v) is 0.347. The average Bonchev–Trinajstić information content (AvgIpc) is 1.98. The Bertz CT molecular complexity index is 233. The van der Waals surface area contributed by atoms with Gasteiger partial charge in [-0.2, -0.15) is 0 Å². The minimum Gasteiger partial charge on any atom is -0.502 e. The van der Waals surface area contributed by atoms with Crippen molar-refractivity contribution < 1.29 is 24.9 Å². The second kappa shape index (κ2) is 4.17. The van der Waals surface area contributed by atoms with Gasteiger partial charge in [-0.15, -0.1) is 0 Å². The topological polar surface area (TPSA) is 94.8 Å². The van der Waals surface area contributed by atoms with E-state index in [2.05, 4.69) is 0 Å². The molecule has 0 spiro atoms. The summed E-state index contributed by atoms with van der Waals surface area (Å²) in [6, 6.07) is 0. The fourth-order valence-electron chi connectivity index (χ4n) is 0.347. The smallest absolute Gasteiger partial charge is 0.370 e. The van der Waals surface area contributed by atoms with E-state index in [1.807, 2.05) is 0 Å². The molecule has 66 valence electrons. The maximum absolute atomic E-state index is 10.2. The van der Waals surface area contributed by atoms with Crippen molar-refractivity contribution in [3.63, 3.8) is 0 Å². The number of hydrogen-bond donors (Lipinski definition) is 3. The zero-order valence-electron chi connectivity index (χ0n) is 6.31. The SMILES string of the molecule is C/C(=C\C=C(/O)C(=O)O)C(=O)O. The first-order valence-electron chi connectivity index (χ1n) is 2.99. The molecule has 0 rings (SSSR count). The highest BCUT2D eigenvalue weighted by Gasteiger charge is 2.02. The molecule has 5 nitrogen and oxygen atoms in total. The van der Waals surface area contributed by atoms with Gasteiger partial charge in [0.25, 0.3) is 0 Å². The van der Waals surface area contributed by atoms with Crippen molar-refractivity contribution in [2.75, 3.05) is 0 Å². The van der Waals surface area contributed by atoms with Gasteiger partial charge in [0.2, 0.25) is 5.76 Å². The van der Waals surface area contributed by atoms with E-state index in [4.69, 9.17) is 15.3 Å². The highest BCUT2D eigenvalue weighted by Crippen LogP contribution is 1.95. The molecule has 0 unspecified atom stereocenters. The average molecular weight is 172 g/mol. The quantitative estimate of drug-likeness (QED) is 0.328. The van der Waals surface area contributed by atoms with Crippen molar-refractivity contribution in [3.8, 4) is 0 Å². The number of rotatable bonds is 3. The first-order valence-corrected chi connectivity index (χ1v) is 2.99. The van der Waals surface area contributed by atoms with Crippen LogP contribution in [0, 0.1) is 0 Å². The molecule has 0 aliphatic carbocycles. The third-order valence-corrected chi connectivity index (χ3v) is 1.05. The minimum atomic E-state index is -1.50. The molecule has 0 aliphatic heterocycles. The summed E-state index contributed by atoms with van der Waals surface area (Å²) in [6.45, 7) is 1.29. The molecule has 5 heteroatoms. The lowest BCUT2D eigenvalue weighted by Crippen LogP contribution is -1.99. The molecule has 0 heterocycles. The van der Waals surface area contributed by atoms with E-state index in [9.17, 15) is 9.59 Å². The lowest BCUT2D eigenvalue weighted by Gasteiger charge is -1.89. The van der Waals surface area contributed by atoms with Crippen LogP contribution >= 0.6 is 0 Å². The number of aliphatic hydroxyl groups is 1. The van der Waals surface area contributed by atoms with Gasteiger partial charge in [-0.1, -0.05) is 0 Å². The van der Waals surface area contributed by atoms with Gasteiger partial charge in [0.15, 0.2) is 0 Å². The number of aliphatic hydroxyl groups excluding tert-OH is 1. The first-order chi connectivity index (χ1) is 5.45. The normalized spacial score (nSPS) is 12.8. The predicted octanol–water partition coefficient (Wildman–Crippen LogP) is 0.544. The molecule has 0 aromatic heterocycles. The Morgan fingerprint density at radius 3 is 1.83 bits per heavy atom. The van der Waals surface area contributed by atoms with Gasteiger partial charge in [-0.25, -0.2) is 9.59 Å². The largest absolute Gasteiger partial charge is 0.502 e. The third kappa shape index (κ3) is 3.40. The molecule has 0 aliphatic rings. The van der Waals surface area contributed by atoms with Gasteiger partial charge in [0, 0.05) is 5.57 Å². The first kappa shape index (κ1) is 10.2. The Morgan fingerprint density at radius 1 is 1.00 bits per heavy atom. The van der Waals surface area contributed by atoms with Crippen LogP contribution in [0.25, 0.3) is 0 Å². The zero-order chi connectivity index (χ0) is 9.72. The van der Waals surface area contributed by atoms with Crippen molar-refractivity contribution in [3.05, 3.63) is 23.5 Å². The van der Waals surface area contributed by atoms with Crippen molar-refractivity contribution in [1.29, 1.82) is 0 Å². The molecule has 0 atom stereocenters. The van der Waals surface area contributed by atoms with Crippen LogP contribution in [0.3, 0.4) is 0 Å². The second-order valence-corrected chi connectivity index (χ2v) is 2.01. The van der Waals surface area contributed by atoms with Crippen LogP contribution in [0.1, 0.15) is 6.92 Å². The Balaban J connectivity index is 4.48. The molecule has 0 aromatic carbocycles. The molecule has 0 amide bonds. The second-order valence-electron chi connectivity index (χ2n) is 2.01. The molecule has 0 saturated heterocycles. The standard InChI is InChI=1S/C7H8O5/c1-4(6(9)10)2-3-5(8)7(11)12/h2-3,8H,1H3,(H,9,10)(H,11,12)/b4-2+,5-3-. The van der Waals surface area contributed by atoms with Gasteiger partial charge in [0.05, 0.1) is 0 Å². The van der Waals surface area contributed by atoms with Crippen molar-refractivity contribution >= 4 is 11.9 Å². The molecular formula is C7H8O5. The van der Waals surface area contributed by atoms with Crippen LogP contribution in [0.15, 0.2) is 23.5 Å². The Morgan fingerprint density at radius 2 is 1.50 bits per heavy atom. The van der Waals surface area contributed by atoms with E-state index in [1.54, 1.807) is 0 Å². The number of hydrogen-bond acceptors (Lipinski definition) is 3.